The molecule has 0 bridgehead atoms. The zero-order valence-electron chi connectivity index (χ0n) is 11.0. The van der Waals surface area contributed by atoms with Gasteiger partial charge in [0.05, 0.1) is 5.57 Å². The minimum atomic E-state index is -0.572. The molecule has 0 aromatic rings. The third-order valence-corrected chi connectivity index (χ3v) is 2.20. The summed E-state index contributed by atoms with van der Waals surface area (Å²) < 4.78 is 9.96. The summed E-state index contributed by atoms with van der Waals surface area (Å²) in [5.74, 6) is -0.731. The lowest BCUT2D eigenvalue weighted by Crippen LogP contribution is -2.11. The third kappa shape index (κ3) is 6.03. The van der Waals surface area contributed by atoms with Gasteiger partial charge >= 0.3 is 11.9 Å². The highest BCUT2D eigenvalue weighted by Crippen LogP contribution is 2.16. The van der Waals surface area contributed by atoms with E-state index in [2.05, 4.69) is 13.2 Å². The molecule has 0 saturated heterocycles. The second-order valence-electron chi connectivity index (χ2n) is 3.66. The van der Waals surface area contributed by atoms with Crippen LogP contribution < -0.4 is 0 Å². The Balaban J connectivity index is 4.85. The molecule has 0 spiro atoms. The zero-order valence-corrected chi connectivity index (χ0v) is 11.0. The molecule has 0 aromatic carbocycles. The Morgan fingerprint density at radius 1 is 1.28 bits per heavy atom. The van der Waals surface area contributed by atoms with Crippen LogP contribution >= 0.6 is 0 Å². The number of hydrogen-bond acceptors (Lipinski definition) is 4. The van der Waals surface area contributed by atoms with E-state index in [0.717, 1.165) is 18.9 Å². The van der Waals surface area contributed by atoms with Gasteiger partial charge in [-0.1, -0.05) is 32.6 Å². The molecule has 4 nitrogen and oxygen atoms in total. The molecule has 0 fully saturated rings. The van der Waals surface area contributed by atoms with Gasteiger partial charge in [0.2, 0.25) is 0 Å². The zero-order chi connectivity index (χ0) is 14.0. The monoisotopic (exact) mass is 252 g/mol. The molecular weight excluding hydrogens is 232 g/mol. The van der Waals surface area contributed by atoms with Gasteiger partial charge in [0.15, 0.2) is 0 Å². The van der Waals surface area contributed by atoms with Gasteiger partial charge in [-0.05, 0) is 13.3 Å². The molecule has 0 radical (unpaired) electrons. The molecule has 0 atom stereocenters. The molecule has 0 saturated carbocycles. The summed E-state index contributed by atoms with van der Waals surface area (Å²) in [6.45, 7) is 10.5. The standard InChI is InChI=1S/C14H20O4/c1-5-8-9-12(18-13(15)7-3)11(4)14(16)17-10-6-2/h6-7H,2-3,5,8-10H2,1,4H3/b12-11-. The molecule has 18 heavy (non-hydrogen) atoms. The van der Waals surface area contributed by atoms with Crippen LogP contribution in [0.5, 0.6) is 0 Å². The van der Waals surface area contributed by atoms with Crippen LogP contribution in [0, 0.1) is 0 Å². The second-order valence-corrected chi connectivity index (χ2v) is 3.66. The van der Waals surface area contributed by atoms with Crippen molar-refractivity contribution in [2.24, 2.45) is 0 Å². The van der Waals surface area contributed by atoms with E-state index in [0.29, 0.717) is 17.8 Å². The van der Waals surface area contributed by atoms with Crippen LogP contribution in [0.15, 0.2) is 36.6 Å². The molecule has 0 aromatic heterocycles. The average Bonchev–Trinajstić information content (AvgIpc) is 2.39. The Morgan fingerprint density at radius 2 is 1.94 bits per heavy atom. The highest BCUT2D eigenvalue weighted by molar-refractivity contribution is 5.89. The van der Waals surface area contributed by atoms with Crippen LogP contribution in [0.25, 0.3) is 0 Å². The summed E-state index contributed by atoms with van der Waals surface area (Å²) in [6, 6.07) is 0. The minimum Gasteiger partial charge on any atom is -0.458 e. The number of hydrogen-bond donors (Lipinski definition) is 0. The molecule has 0 amide bonds. The van der Waals surface area contributed by atoms with Crippen molar-refractivity contribution in [1.82, 2.24) is 0 Å². The second kappa shape index (κ2) is 9.22. The summed E-state index contributed by atoms with van der Waals surface area (Å²) in [7, 11) is 0. The van der Waals surface area contributed by atoms with Gasteiger partial charge in [0.1, 0.15) is 12.4 Å². The van der Waals surface area contributed by atoms with Gasteiger partial charge in [-0.3, -0.25) is 0 Å². The molecule has 0 aliphatic heterocycles. The Kier molecular flexibility index (Phi) is 8.27. The maximum absolute atomic E-state index is 11.6. The maximum atomic E-state index is 11.6. The predicted octanol–water partition coefficient (Wildman–Crippen LogP) is 2.91. The van der Waals surface area contributed by atoms with Crippen LogP contribution in [0.3, 0.4) is 0 Å². The van der Waals surface area contributed by atoms with Gasteiger partial charge in [-0.2, -0.15) is 0 Å². The molecule has 0 rings (SSSR count). The molecule has 0 heterocycles. The molecule has 100 valence electrons. The van der Waals surface area contributed by atoms with Crippen LogP contribution in [0.2, 0.25) is 0 Å². The third-order valence-electron chi connectivity index (χ3n) is 2.20. The Bertz CT molecular complexity index is 353. The van der Waals surface area contributed by atoms with Crippen LogP contribution in [-0.4, -0.2) is 18.5 Å². The lowest BCUT2D eigenvalue weighted by Gasteiger charge is -2.10. The number of unbranched alkanes of at least 4 members (excludes halogenated alkanes) is 1. The highest BCUT2D eigenvalue weighted by atomic mass is 16.5. The fourth-order valence-electron chi connectivity index (χ4n) is 1.17. The van der Waals surface area contributed by atoms with E-state index in [4.69, 9.17) is 9.47 Å². The SMILES string of the molecule is C=CCOC(=O)/C(C)=C(/CCCC)OC(=O)C=C. The molecule has 0 unspecified atom stereocenters. The average molecular weight is 252 g/mol. The van der Waals surface area contributed by atoms with Crippen LogP contribution in [0.4, 0.5) is 0 Å². The van der Waals surface area contributed by atoms with E-state index < -0.39 is 11.9 Å². The van der Waals surface area contributed by atoms with Crippen molar-refractivity contribution in [3.05, 3.63) is 36.6 Å². The first-order valence-electron chi connectivity index (χ1n) is 5.88. The number of carbonyl (C=O) groups is 2. The fraction of sp³-hybridized carbons (Fsp3) is 0.429. The fourth-order valence-corrected chi connectivity index (χ4v) is 1.17. The predicted molar refractivity (Wildman–Crippen MR) is 69.7 cm³/mol. The number of carbonyl (C=O) groups excluding carboxylic acids is 2. The van der Waals surface area contributed by atoms with Gasteiger partial charge in [0.25, 0.3) is 0 Å². The summed E-state index contributed by atoms with van der Waals surface area (Å²) in [5, 5.41) is 0. The quantitative estimate of drug-likeness (QED) is 0.288. The van der Waals surface area contributed by atoms with Crippen molar-refractivity contribution in [2.45, 2.75) is 33.1 Å². The van der Waals surface area contributed by atoms with Crippen molar-refractivity contribution < 1.29 is 19.1 Å². The van der Waals surface area contributed by atoms with Gasteiger partial charge < -0.3 is 9.47 Å². The number of allylic oxidation sites excluding steroid dienone is 1. The summed E-state index contributed by atoms with van der Waals surface area (Å²) in [5.41, 5.74) is 0.306. The summed E-state index contributed by atoms with van der Waals surface area (Å²) in [4.78, 5) is 22.8. The van der Waals surface area contributed by atoms with E-state index in [1.807, 2.05) is 6.92 Å². The highest BCUT2D eigenvalue weighted by Gasteiger charge is 2.15. The van der Waals surface area contributed by atoms with Gasteiger partial charge in [-0.25, -0.2) is 9.59 Å². The first-order valence-corrected chi connectivity index (χ1v) is 5.88. The summed E-state index contributed by atoms with van der Waals surface area (Å²) in [6.07, 6.45) is 4.82. The molecule has 0 aliphatic carbocycles. The number of rotatable bonds is 8. The molecular formula is C14H20O4. The topological polar surface area (TPSA) is 52.6 Å². The first-order chi connectivity index (χ1) is 8.56. The van der Waals surface area contributed by atoms with E-state index in [-0.39, 0.29) is 6.61 Å². The number of ether oxygens (including phenoxy) is 2. The molecule has 0 aliphatic rings. The van der Waals surface area contributed by atoms with Crippen molar-refractivity contribution in [2.75, 3.05) is 6.61 Å². The van der Waals surface area contributed by atoms with Crippen molar-refractivity contribution >= 4 is 11.9 Å². The Labute approximate surface area is 108 Å². The van der Waals surface area contributed by atoms with E-state index in [1.165, 1.54) is 6.08 Å². The smallest absolute Gasteiger partial charge is 0.337 e. The Morgan fingerprint density at radius 3 is 2.44 bits per heavy atom. The Hall–Kier alpha value is -1.84. The van der Waals surface area contributed by atoms with Gasteiger partial charge in [-0.15, -0.1) is 0 Å². The molecule has 4 heteroatoms. The maximum Gasteiger partial charge on any atom is 0.337 e. The van der Waals surface area contributed by atoms with Crippen LogP contribution in [0.1, 0.15) is 33.1 Å². The van der Waals surface area contributed by atoms with E-state index in [1.54, 1.807) is 6.92 Å². The van der Waals surface area contributed by atoms with E-state index >= 15 is 0 Å². The molecule has 0 N–H and O–H groups in total. The van der Waals surface area contributed by atoms with Crippen LogP contribution in [-0.2, 0) is 19.1 Å². The van der Waals surface area contributed by atoms with Crippen molar-refractivity contribution in [1.29, 1.82) is 0 Å². The van der Waals surface area contributed by atoms with Crippen molar-refractivity contribution in [3.63, 3.8) is 0 Å². The lowest BCUT2D eigenvalue weighted by molar-refractivity contribution is -0.138. The largest absolute Gasteiger partial charge is 0.458 e. The first kappa shape index (κ1) is 16.2. The normalized spacial score (nSPS) is 11.2. The van der Waals surface area contributed by atoms with Crippen molar-refractivity contribution in [3.8, 4) is 0 Å². The number of esters is 2. The van der Waals surface area contributed by atoms with Gasteiger partial charge in [0, 0.05) is 12.5 Å². The summed E-state index contributed by atoms with van der Waals surface area (Å²) >= 11 is 0. The van der Waals surface area contributed by atoms with E-state index in [9.17, 15) is 9.59 Å². The minimum absolute atomic E-state index is 0.132. The lowest BCUT2D eigenvalue weighted by atomic mass is 10.1.